The van der Waals surface area contributed by atoms with Gasteiger partial charge in [-0.2, -0.15) is 4.98 Å². The van der Waals surface area contributed by atoms with Gasteiger partial charge in [-0.25, -0.2) is 9.97 Å². The van der Waals surface area contributed by atoms with Crippen LogP contribution in [0.4, 0.5) is 5.95 Å². The number of rotatable bonds is 7. The summed E-state index contributed by atoms with van der Waals surface area (Å²) >= 11 is 0. The maximum Gasteiger partial charge on any atom is 0.251 e. The number of amides is 1. The van der Waals surface area contributed by atoms with E-state index in [1.807, 2.05) is 38.1 Å². The maximum atomic E-state index is 12.1. The summed E-state index contributed by atoms with van der Waals surface area (Å²) in [6, 6.07) is 11.1. The number of nitrogen functional groups attached to an aromatic ring is 1. The first kappa shape index (κ1) is 19.5. The van der Waals surface area contributed by atoms with Crippen LogP contribution >= 0.6 is 0 Å². The van der Waals surface area contributed by atoms with E-state index in [4.69, 9.17) is 10.5 Å². The summed E-state index contributed by atoms with van der Waals surface area (Å²) in [5, 5.41) is 2.91. The Kier molecular flexibility index (Phi) is 6.03. The van der Waals surface area contributed by atoms with Crippen LogP contribution in [0, 0.1) is 0 Å². The van der Waals surface area contributed by atoms with Gasteiger partial charge in [-0.05, 0) is 44.5 Å². The lowest BCUT2D eigenvalue weighted by Crippen LogP contribution is -2.24. The molecule has 3 N–H and O–H groups in total. The third kappa shape index (κ3) is 4.54. The Balaban J connectivity index is 0.00000225. The number of pyridine rings is 1. The minimum absolute atomic E-state index is 0. The number of unbranched alkanes of at least 4 members (excludes halogenated alkanes) is 1. The second-order valence-electron chi connectivity index (χ2n) is 6.80. The molecule has 0 saturated carbocycles. The Morgan fingerprint density at radius 2 is 1.89 bits per heavy atom. The molecule has 0 fully saturated rings. The normalized spacial score (nSPS) is 11.0. The fourth-order valence-corrected chi connectivity index (χ4v) is 2.74. The molecule has 0 aliphatic heterocycles. The number of aromatic nitrogens is 3. The molecule has 7 heteroatoms. The highest BCUT2D eigenvalue weighted by atomic mass is 16.5. The van der Waals surface area contributed by atoms with Crippen LogP contribution in [0.3, 0.4) is 0 Å². The summed E-state index contributed by atoms with van der Waals surface area (Å²) in [6.45, 7) is 6.61. The number of hydrogen-bond acceptors (Lipinski definition) is 6. The van der Waals surface area contributed by atoms with E-state index in [9.17, 15) is 4.79 Å². The van der Waals surface area contributed by atoms with Crippen LogP contribution in [0.1, 0.15) is 46.8 Å². The first-order valence-corrected chi connectivity index (χ1v) is 9.47. The first-order valence-electron chi connectivity index (χ1n) is 9.47. The molecule has 3 aromatic rings. The van der Waals surface area contributed by atoms with Crippen molar-refractivity contribution >= 4 is 22.9 Å². The number of fused-ring (bicyclic) bond motifs is 1. The Morgan fingerprint density at radius 3 is 2.57 bits per heavy atom. The second-order valence-corrected chi connectivity index (χ2v) is 6.80. The van der Waals surface area contributed by atoms with Gasteiger partial charge < -0.3 is 15.8 Å². The van der Waals surface area contributed by atoms with Crippen molar-refractivity contribution in [2.45, 2.75) is 39.7 Å². The summed E-state index contributed by atoms with van der Waals surface area (Å²) in [5.74, 6) is 0.449. The molecule has 1 amide bonds. The quantitative estimate of drug-likeness (QED) is 0.596. The summed E-state index contributed by atoms with van der Waals surface area (Å²) in [5.41, 5.74) is 9.21. The molecule has 7 nitrogen and oxygen atoms in total. The van der Waals surface area contributed by atoms with Gasteiger partial charge in [-0.15, -0.1) is 0 Å². The van der Waals surface area contributed by atoms with E-state index in [0.29, 0.717) is 29.0 Å². The number of hydrogen-bond donors (Lipinski definition) is 2. The van der Waals surface area contributed by atoms with Crippen LogP contribution in [0.25, 0.3) is 22.3 Å². The van der Waals surface area contributed by atoms with E-state index >= 15 is 0 Å². The van der Waals surface area contributed by atoms with E-state index in [-0.39, 0.29) is 20.8 Å². The van der Waals surface area contributed by atoms with Gasteiger partial charge in [-0.1, -0.05) is 25.5 Å². The second kappa shape index (κ2) is 8.65. The van der Waals surface area contributed by atoms with E-state index < -0.39 is 0 Å². The van der Waals surface area contributed by atoms with Crippen LogP contribution in [0.2, 0.25) is 0 Å². The number of benzene rings is 1. The fraction of sp³-hybridized carbons (Fsp3) is 0.333. The fourth-order valence-electron chi connectivity index (χ4n) is 2.74. The minimum atomic E-state index is -0.0667. The molecule has 2 aromatic heterocycles. The molecule has 0 spiro atoms. The van der Waals surface area contributed by atoms with E-state index in [0.717, 1.165) is 24.1 Å². The third-order valence-electron chi connectivity index (χ3n) is 4.13. The van der Waals surface area contributed by atoms with Gasteiger partial charge in [0.1, 0.15) is 0 Å². The number of nitrogens with one attached hydrogen (secondary N) is 1. The van der Waals surface area contributed by atoms with Crippen LogP contribution in [-0.2, 0) is 0 Å². The lowest BCUT2D eigenvalue weighted by Gasteiger charge is -2.12. The summed E-state index contributed by atoms with van der Waals surface area (Å²) < 4.78 is 5.75. The average Bonchev–Trinajstić information content (AvgIpc) is 2.67. The Morgan fingerprint density at radius 1 is 1.14 bits per heavy atom. The Bertz CT molecular complexity index is 981. The number of carbonyl (C=O) groups excluding carboxylic acids is 1. The lowest BCUT2D eigenvalue weighted by molar-refractivity contribution is 0.0953. The molecule has 28 heavy (non-hydrogen) atoms. The average molecular weight is 383 g/mol. The van der Waals surface area contributed by atoms with Crippen molar-refractivity contribution in [2.75, 3.05) is 12.3 Å². The van der Waals surface area contributed by atoms with Crippen molar-refractivity contribution in [1.29, 1.82) is 0 Å². The van der Waals surface area contributed by atoms with Gasteiger partial charge in [0.15, 0.2) is 5.52 Å². The van der Waals surface area contributed by atoms with Crippen molar-refractivity contribution in [3.63, 3.8) is 0 Å². The molecule has 0 aliphatic rings. The predicted octanol–water partition coefficient (Wildman–Crippen LogP) is 4.08. The van der Waals surface area contributed by atoms with Crippen LogP contribution in [0.5, 0.6) is 5.88 Å². The Labute approximate surface area is 167 Å². The van der Waals surface area contributed by atoms with E-state index in [2.05, 4.69) is 27.2 Å². The smallest absolute Gasteiger partial charge is 0.251 e. The van der Waals surface area contributed by atoms with Crippen LogP contribution in [-0.4, -0.2) is 33.5 Å². The zero-order valence-electron chi connectivity index (χ0n) is 16.4. The van der Waals surface area contributed by atoms with Gasteiger partial charge >= 0.3 is 0 Å². The van der Waals surface area contributed by atoms with E-state index in [1.165, 1.54) is 0 Å². The Hall–Kier alpha value is -3.22. The number of carbonyl (C=O) groups is 1. The molecule has 150 valence electrons. The maximum absolute atomic E-state index is 12.1. The first-order chi connectivity index (χ1) is 13.5. The predicted molar refractivity (Wildman–Crippen MR) is 114 cm³/mol. The zero-order chi connectivity index (χ0) is 20.1. The molecule has 2 heterocycles. The summed E-state index contributed by atoms with van der Waals surface area (Å²) in [4.78, 5) is 25.2. The third-order valence-corrected chi connectivity index (χ3v) is 4.13. The number of ether oxygens (including phenoxy) is 1. The molecular formula is C21H29N5O2. The molecule has 0 atom stereocenters. The van der Waals surface area contributed by atoms with Gasteiger partial charge in [0.05, 0.1) is 17.3 Å². The molecule has 0 aliphatic carbocycles. The monoisotopic (exact) mass is 383 g/mol. The van der Waals surface area contributed by atoms with Crippen molar-refractivity contribution < 1.29 is 12.4 Å². The summed E-state index contributed by atoms with van der Waals surface area (Å²) in [6.07, 6.45) is 1.96. The van der Waals surface area contributed by atoms with Gasteiger partial charge in [-0.3, -0.25) is 4.79 Å². The largest absolute Gasteiger partial charge is 0.473 e. The standard InChI is InChI=1S/C21H25N5O2.2H2/c1-4-5-12-23-19(27)15-8-6-14(7-9-15)16-10-11-17-18(24-16)20(28-13(2)3)26-21(22)25-17;;/h6-11,13H,4-5,12H2,1-3H3,(H,23,27)(H2,22,25,26);2*1H. The lowest BCUT2D eigenvalue weighted by atomic mass is 10.1. The number of nitrogens with zero attached hydrogens (tertiary/aromatic N) is 3. The zero-order valence-corrected chi connectivity index (χ0v) is 16.4. The van der Waals surface area contributed by atoms with Crippen molar-refractivity contribution in [3.05, 3.63) is 42.0 Å². The molecule has 0 unspecified atom stereocenters. The SMILES string of the molecule is CCCCNC(=O)c1ccc(-c2ccc3nc(N)nc(OC(C)C)c3n2)cc1.[HH].[HH]. The molecule has 1 aromatic carbocycles. The molecular weight excluding hydrogens is 354 g/mol. The topological polar surface area (TPSA) is 103 Å². The highest BCUT2D eigenvalue weighted by Crippen LogP contribution is 2.26. The highest BCUT2D eigenvalue weighted by Gasteiger charge is 2.13. The highest BCUT2D eigenvalue weighted by molar-refractivity contribution is 5.94. The molecule has 3 rings (SSSR count). The van der Waals surface area contributed by atoms with Crippen molar-refractivity contribution in [2.24, 2.45) is 0 Å². The number of anilines is 1. The summed E-state index contributed by atoms with van der Waals surface area (Å²) in [7, 11) is 0. The molecule has 0 saturated heterocycles. The van der Waals surface area contributed by atoms with E-state index in [1.54, 1.807) is 12.1 Å². The van der Waals surface area contributed by atoms with Gasteiger partial charge in [0, 0.05) is 20.5 Å². The van der Waals surface area contributed by atoms with Gasteiger partial charge in [0.2, 0.25) is 11.8 Å². The minimum Gasteiger partial charge on any atom is -0.473 e. The van der Waals surface area contributed by atoms with Crippen molar-refractivity contribution in [3.8, 4) is 17.1 Å². The number of nitrogens with two attached hydrogens (primary N) is 1. The van der Waals surface area contributed by atoms with Crippen LogP contribution in [0.15, 0.2) is 36.4 Å². The van der Waals surface area contributed by atoms with Crippen LogP contribution < -0.4 is 15.8 Å². The molecule has 0 bridgehead atoms. The van der Waals surface area contributed by atoms with Crippen molar-refractivity contribution in [1.82, 2.24) is 20.3 Å². The van der Waals surface area contributed by atoms with Gasteiger partial charge in [0.25, 0.3) is 5.91 Å². The molecule has 0 radical (unpaired) electrons.